The third-order valence-corrected chi connectivity index (χ3v) is 7.25. The van der Waals surface area contributed by atoms with E-state index in [-0.39, 0.29) is 12.4 Å². The lowest BCUT2D eigenvalue weighted by Crippen LogP contribution is -2.09. The van der Waals surface area contributed by atoms with Gasteiger partial charge in [0.15, 0.2) is 0 Å². The van der Waals surface area contributed by atoms with E-state index in [1.807, 2.05) is 75.4 Å². The van der Waals surface area contributed by atoms with Crippen molar-refractivity contribution in [3.63, 3.8) is 0 Å². The van der Waals surface area contributed by atoms with Gasteiger partial charge in [0.05, 0.1) is 5.56 Å². The highest BCUT2D eigenvalue weighted by molar-refractivity contribution is 9.10. The van der Waals surface area contributed by atoms with E-state index >= 15 is 0 Å². The monoisotopic (exact) mass is 514 g/mol. The molecule has 0 aliphatic heterocycles. The van der Waals surface area contributed by atoms with Crippen LogP contribution in [-0.4, -0.2) is 11.1 Å². The van der Waals surface area contributed by atoms with E-state index in [4.69, 9.17) is 4.74 Å². The second-order valence-electron chi connectivity index (χ2n) is 8.54. The summed E-state index contributed by atoms with van der Waals surface area (Å²) in [5.41, 5.74) is 8.35. The SMILES string of the molecule is Cc1ccccc1-c1c(C)c(O)c(-c2c(C)cccc2C(=O)OCc2ccccc2)c(C)c1Br. The number of phenolic OH excluding ortho intramolecular Hbond substituents is 1. The summed E-state index contributed by atoms with van der Waals surface area (Å²) in [6.45, 7) is 8.07. The molecule has 0 bridgehead atoms. The molecule has 0 amide bonds. The lowest BCUT2D eigenvalue weighted by molar-refractivity contribution is 0.0473. The molecule has 0 heterocycles. The highest BCUT2D eigenvalue weighted by atomic mass is 79.9. The summed E-state index contributed by atoms with van der Waals surface area (Å²) in [6.07, 6.45) is 0. The van der Waals surface area contributed by atoms with Crippen molar-refractivity contribution in [2.45, 2.75) is 34.3 Å². The Bertz CT molecular complexity index is 1340. The number of rotatable bonds is 5. The van der Waals surface area contributed by atoms with Crippen molar-refractivity contribution in [2.75, 3.05) is 0 Å². The smallest absolute Gasteiger partial charge is 0.339 e. The molecule has 172 valence electrons. The lowest BCUT2D eigenvalue weighted by Gasteiger charge is -2.22. The van der Waals surface area contributed by atoms with Gasteiger partial charge < -0.3 is 9.84 Å². The molecule has 0 radical (unpaired) electrons. The first kappa shape index (κ1) is 23.8. The molecule has 0 aliphatic rings. The first-order valence-electron chi connectivity index (χ1n) is 11.2. The van der Waals surface area contributed by atoms with Crippen LogP contribution in [0.15, 0.2) is 77.3 Å². The van der Waals surface area contributed by atoms with Gasteiger partial charge in [0.1, 0.15) is 12.4 Å². The molecule has 4 aromatic rings. The molecule has 0 aromatic heterocycles. The summed E-state index contributed by atoms with van der Waals surface area (Å²) in [4.78, 5) is 13.2. The predicted molar refractivity (Wildman–Crippen MR) is 141 cm³/mol. The molecule has 0 unspecified atom stereocenters. The van der Waals surface area contributed by atoms with Gasteiger partial charge in [0.25, 0.3) is 0 Å². The molecule has 0 saturated heterocycles. The second-order valence-corrected chi connectivity index (χ2v) is 9.33. The highest BCUT2D eigenvalue weighted by Crippen LogP contribution is 2.48. The van der Waals surface area contributed by atoms with Crippen molar-refractivity contribution in [1.82, 2.24) is 0 Å². The summed E-state index contributed by atoms with van der Waals surface area (Å²) >= 11 is 3.80. The van der Waals surface area contributed by atoms with E-state index in [0.717, 1.165) is 43.4 Å². The fraction of sp³-hybridized carbons (Fsp3) is 0.167. The molecule has 1 N–H and O–H groups in total. The van der Waals surface area contributed by atoms with Crippen LogP contribution < -0.4 is 0 Å². The van der Waals surface area contributed by atoms with Crippen LogP contribution in [0.4, 0.5) is 0 Å². The summed E-state index contributed by atoms with van der Waals surface area (Å²) in [7, 11) is 0. The zero-order chi connectivity index (χ0) is 24.4. The molecule has 0 fully saturated rings. The summed E-state index contributed by atoms with van der Waals surface area (Å²) in [5.74, 6) is -0.247. The number of carbonyl (C=O) groups is 1. The maximum atomic E-state index is 13.2. The Balaban J connectivity index is 1.84. The first-order valence-corrected chi connectivity index (χ1v) is 12.0. The number of aryl methyl sites for hydroxylation is 2. The van der Waals surface area contributed by atoms with Crippen LogP contribution in [0.5, 0.6) is 5.75 Å². The summed E-state index contributed by atoms with van der Waals surface area (Å²) < 4.78 is 6.55. The first-order chi connectivity index (χ1) is 16.3. The van der Waals surface area contributed by atoms with E-state index in [2.05, 4.69) is 35.0 Å². The van der Waals surface area contributed by atoms with Crippen LogP contribution in [0.3, 0.4) is 0 Å². The number of benzene rings is 4. The van der Waals surface area contributed by atoms with Gasteiger partial charge in [-0.15, -0.1) is 0 Å². The van der Waals surface area contributed by atoms with Gasteiger partial charge in [0, 0.05) is 26.7 Å². The minimum absolute atomic E-state index is 0.172. The van der Waals surface area contributed by atoms with Gasteiger partial charge in [-0.05, 0) is 77.5 Å². The van der Waals surface area contributed by atoms with Crippen LogP contribution in [-0.2, 0) is 11.3 Å². The second kappa shape index (κ2) is 9.86. The Morgan fingerprint density at radius 2 is 1.41 bits per heavy atom. The minimum Gasteiger partial charge on any atom is -0.507 e. The average Bonchev–Trinajstić information content (AvgIpc) is 2.84. The third-order valence-electron chi connectivity index (χ3n) is 6.26. The van der Waals surface area contributed by atoms with Gasteiger partial charge >= 0.3 is 5.97 Å². The standard InChI is InChI=1S/C30H27BrO3/c1-18-11-8-9-15-23(18)26-21(4)29(32)27(20(3)28(26)31)25-19(2)12-10-16-24(25)30(33)34-17-22-13-6-5-7-14-22/h5-16,32H,17H2,1-4H3. The maximum Gasteiger partial charge on any atom is 0.339 e. The van der Waals surface area contributed by atoms with E-state index in [1.54, 1.807) is 6.07 Å². The zero-order valence-corrected chi connectivity index (χ0v) is 21.4. The molecule has 4 aromatic carbocycles. The van der Waals surface area contributed by atoms with E-state index < -0.39 is 5.97 Å². The molecule has 3 nitrogen and oxygen atoms in total. The fourth-order valence-corrected chi connectivity index (χ4v) is 5.10. The lowest BCUT2D eigenvalue weighted by atomic mass is 9.86. The predicted octanol–water partition coefficient (Wildman–Crippen LogP) is 8.08. The van der Waals surface area contributed by atoms with Crippen molar-refractivity contribution < 1.29 is 14.6 Å². The normalized spacial score (nSPS) is 10.9. The molecule has 0 saturated carbocycles. The van der Waals surface area contributed by atoms with Gasteiger partial charge in [-0.3, -0.25) is 0 Å². The van der Waals surface area contributed by atoms with Crippen molar-refractivity contribution in [3.05, 3.63) is 111 Å². The summed E-state index contributed by atoms with van der Waals surface area (Å²) in [5, 5.41) is 11.5. The van der Waals surface area contributed by atoms with E-state index in [0.29, 0.717) is 16.7 Å². The van der Waals surface area contributed by atoms with Crippen molar-refractivity contribution in [3.8, 4) is 28.0 Å². The van der Waals surface area contributed by atoms with Crippen molar-refractivity contribution in [1.29, 1.82) is 0 Å². The van der Waals surface area contributed by atoms with Gasteiger partial charge in [-0.2, -0.15) is 0 Å². The van der Waals surface area contributed by atoms with Crippen LogP contribution >= 0.6 is 15.9 Å². The number of esters is 1. The van der Waals surface area contributed by atoms with Crippen molar-refractivity contribution >= 4 is 21.9 Å². The number of hydrogen-bond acceptors (Lipinski definition) is 3. The van der Waals surface area contributed by atoms with Crippen LogP contribution in [0.1, 0.15) is 38.2 Å². The number of phenols is 1. The Kier molecular flexibility index (Phi) is 6.90. The molecule has 34 heavy (non-hydrogen) atoms. The molecular formula is C30H27BrO3. The molecule has 4 heteroatoms. The van der Waals surface area contributed by atoms with E-state index in [9.17, 15) is 9.90 Å². The summed E-state index contributed by atoms with van der Waals surface area (Å²) in [6, 6.07) is 23.3. The van der Waals surface area contributed by atoms with Crippen molar-refractivity contribution in [2.24, 2.45) is 0 Å². The fourth-order valence-electron chi connectivity index (χ4n) is 4.40. The topological polar surface area (TPSA) is 46.5 Å². The average molecular weight is 515 g/mol. The Morgan fingerprint density at radius 3 is 2.12 bits per heavy atom. The Labute approximate surface area is 209 Å². The number of hydrogen-bond donors (Lipinski definition) is 1. The molecular weight excluding hydrogens is 488 g/mol. The van der Waals surface area contributed by atoms with Gasteiger partial charge in [-0.1, -0.05) is 66.7 Å². The molecule has 0 aliphatic carbocycles. The number of halogens is 1. The number of aromatic hydroxyl groups is 1. The van der Waals surface area contributed by atoms with Gasteiger partial charge in [0.2, 0.25) is 0 Å². The van der Waals surface area contributed by atoms with E-state index in [1.165, 1.54) is 0 Å². The highest BCUT2D eigenvalue weighted by Gasteiger charge is 2.25. The van der Waals surface area contributed by atoms with Crippen LogP contribution in [0, 0.1) is 27.7 Å². The van der Waals surface area contributed by atoms with Crippen LogP contribution in [0.2, 0.25) is 0 Å². The third kappa shape index (κ3) is 4.38. The largest absolute Gasteiger partial charge is 0.507 e. The Hall–Kier alpha value is -3.37. The minimum atomic E-state index is -0.418. The van der Waals surface area contributed by atoms with Gasteiger partial charge in [-0.25, -0.2) is 4.79 Å². The zero-order valence-electron chi connectivity index (χ0n) is 19.8. The molecule has 0 atom stereocenters. The Morgan fingerprint density at radius 1 is 0.765 bits per heavy atom. The quantitative estimate of drug-likeness (QED) is 0.273. The molecule has 4 rings (SSSR count). The molecule has 0 spiro atoms. The number of ether oxygens (including phenoxy) is 1. The number of carbonyl (C=O) groups excluding carboxylic acids is 1. The maximum absolute atomic E-state index is 13.2. The van der Waals surface area contributed by atoms with Crippen LogP contribution in [0.25, 0.3) is 22.3 Å².